The highest BCUT2D eigenvalue weighted by molar-refractivity contribution is 6.11. The lowest BCUT2D eigenvalue weighted by Crippen LogP contribution is -2.33. The normalized spacial score (nSPS) is 17.6. The van der Waals surface area contributed by atoms with Crippen LogP contribution in [0.5, 0.6) is 0 Å². The third-order valence-corrected chi connectivity index (χ3v) is 13.2. The zero-order valence-electron chi connectivity index (χ0n) is 33.2. The summed E-state index contributed by atoms with van der Waals surface area (Å²) in [5.41, 5.74) is 19.4. The number of rotatable bonds is 5. The molecule has 3 aliphatic carbocycles. The lowest BCUT2D eigenvalue weighted by atomic mass is 9.60. The fraction of sp³-hybridized carbons (Fsp3) is 0.0508. The summed E-state index contributed by atoms with van der Waals surface area (Å²) in [6, 6.07) is 72.7. The van der Waals surface area contributed by atoms with Crippen LogP contribution in [-0.4, -0.2) is 4.57 Å². The summed E-state index contributed by atoms with van der Waals surface area (Å²) in [7, 11) is 0. The van der Waals surface area contributed by atoms with Gasteiger partial charge < -0.3 is 4.57 Å². The minimum Gasteiger partial charge on any atom is -0.313 e. The third kappa shape index (κ3) is 5.19. The first-order valence-corrected chi connectivity index (χ1v) is 21.1. The molecule has 0 amide bonds. The van der Waals surface area contributed by atoms with Gasteiger partial charge in [-0.3, -0.25) is 0 Å². The van der Waals surface area contributed by atoms with E-state index in [4.69, 9.17) is 0 Å². The molecule has 0 saturated carbocycles. The van der Waals surface area contributed by atoms with Crippen molar-refractivity contribution in [3.8, 4) is 44.5 Å². The third-order valence-electron chi connectivity index (χ3n) is 13.2. The van der Waals surface area contributed by atoms with Crippen molar-refractivity contribution < 1.29 is 0 Å². The van der Waals surface area contributed by atoms with Crippen LogP contribution in [-0.2, 0) is 5.41 Å². The Morgan fingerprint density at radius 3 is 1.93 bits per heavy atom. The SMILES string of the molecule is C1=CC2=CC=C(n3c4ccccc4c4cc(-c5cccc(C6(c7ccccc7)c7ccccc7-c7ccccc7-c7cccc6c7-c6ccccc6)c5)ccc43)CC2C=C1. The van der Waals surface area contributed by atoms with E-state index in [0.29, 0.717) is 5.92 Å². The Morgan fingerprint density at radius 2 is 1.07 bits per heavy atom. The topological polar surface area (TPSA) is 4.93 Å². The summed E-state index contributed by atoms with van der Waals surface area (Å²) in [5, 5.41) is 2.55. The molecule has 1 heteroatoms. The first-order chi connectivity index (χ1) is 29.8. The van der Waals surface area contributed by atoms with Gasteiger partial charge in [-0.1, -0.05) is 200 Å². The van der Waals surface area contributed by atoms with Gasteiger partial charge in [0.2, 0.25) is 0 Å². The fourth-order valence-corrected chi connectivity index (χ4v) is 10.6. The average molecular weight is 764 g/mol. The van der Waals surface area contributed by atoms with Crippen LogP contribution in [0, 0.1) is 5.92 Å². The summed E-state index contributed by atoms with van der Waals surface area (Å²) >= 11 is 0. The summed E-state index contributed by atoms with van der Waals surface area (Å²) in [4.78, 5) is 0. The molecule has 0 spiro atoms. The molecule has 12 rings (SSSR count). The van der Waals surface area contributed by atoms with Crippen molar-refractivity contribution in [2.24, 2.45) is 5.92 Å². The van der Waals surface area contributed by atoms with Gasteiger partial charge in [-0.2, -0.15) is 0 Å². The number of hydrogen-bond donors (Lipinski definition) is 0. The zero-order valence-corrected chi connectivity index (χ0v) is 33.2. The largest absolute Gasteiger partial charge is 0.313 e. The van der Waals surface area contributed by atoms with Crippen LogP contribution in [0.3, 0.4) is 0 Å². The van der Waals surface area contributed by atoms with Gasteiger partial charge in [-0.15, -0.1) is 0 Å². The smallest absolute Gasteiger partial charge is 0.0713 e. The maximum absolute atomic E-state index is 2.50. The molecule has 60 heavy (non-hydrogen) atoms. The molecule has 2 unspecified atom stereocenters. The molecule has 1 heterocycles. The van der Waals surface area contributed by atoms with E-state index < -0.39 is 5.41 Å². The van der Waals surface area contributed by atoms with Crippen molar-refractivity contribution in [2.45, 2.75) is 11.8 Å². The van der Waals surface area contributed by atoms with Crippen molar-refractivity contribution in [3.05, 3.63) is 258 Å². The second-order valence-corrected chi connectivity index (χ2v) is 16.3. The van der Waals surface area contributed by atoms with Crippen molar-refractivity contribution in [1.29, 1.82) is 0 Å². The van der Waals surface area contributed by atoms with Gasteiger partial charge in [0, 0.05) is 22.4 Å². The predicted molar refractivity (Wildman–Crippen MR) is 252 cm³/mol. The average Bonchev–Trinajstić information content (AvgIpc) is 3.66. The van der Waals surface area contributed by atoms with Crippen LogP contribution >= 0.6 is 0 Å². The minimum atomic E-state index is -0.661. The number of nitrogens with zero attached hydrogens (tertiary/aromatic N) is 1. The molecule has 0 radical (unpaired) electrons. The number of para-hydroxylation sites is 1. The fourth-order valence-electron chi connectivity index (χ4n) is 10.6. The van der Waals surface area contributed by atoms with Crippen molar-refractivity contribution in [2.75, 3.05) is 0 Å². The Balaban J connectivity index is 1.12. The van der Waals surface area contributed by atoms with Crippen molar-refractivity contribution in [1.82, 2.24) is 4.57 Å². The van der Waals surface area contributed by atoms with E-state index in [2.05, 4.69) is 235 Å². The molecule has 1 nitrogen and oxygen atoms in total. The summed E-state index contributed by atoms with van der Waals surface area (Å²) in [6.07, 6.45) is 14.5. The van der Waals surface area contributed by atoms with E-state index in [1.165, 1.54) is 99.8 Å². The van der Waals surface area contributed by atoms with Gasteiger partial charge in [0.25, 0.3) is 0 Å². The Bertz CT molecular complexity index is 3280. The molecule has 1 aromatic heterocycles. The lowest BCUT2D eigenvalue weighted by molar-refractivity contribution is 0.749. The first-order valence-electron chi connectivity index (χ1n) is 21.1. The van der Waals surface area contributed by atoms with Gasteiger partial charge >= 0.3 is 0 Å². The lowest BCUT2D eigenvalue weighted by Gasteiger charge is -2.41. The van der Waals surface area contributed by atoms with Crippen LogP contribution in [0.25, 0.3) is 72.0 Å². The predicted octanol–water partition coefficient (Wildman–Crippen LogP) is 15.1. The number of benzene rings is 8. The molecule has 2 atom stereocenters. The molecule has 3 aliphatic rings. The Hall–Kier alpha value is -7.48. The number of allylic oxidation sites excluding steroid dienone is 8. The number of fused-ring (bicyclic) bond motifs is 10. The van der Waals surface area contributed by atoms with Gasteiger partial charge in [-0.05, 0) is 109 Å². The van der Waals surface area contributed by atoms with E-state index in [9.17, 15) is 0 Å². The Morgan fingerprint density at radius 1 is 0.433 bits per heavy atom. The summed E-state index contributed by atoms with van der Waals surface area (Å²) < 4.78 is 2.50. The Labute approximate surface area is 351 Å². The molecule has 0 saturated heterocycles. The van der Waals surface area contributed by atoms with E-state index in [1.807, 2.05) is 0 Å². The Kier molecular flexibility index (Phi) is 7.96. The van der Waals surface area contributed by atoms with Crippen LogP contribution in [0.4, 0.5) is 0 Å². The van der Waals surface area contributed by atoms with E-state index >= 15 is 0 Å². The van der Waals surface area contributed by atoms with Gasteiger partial charge in [0.05, 0.1) is 16.4 Å². The summed E-state index contributed by atoms with van der Waals surface area (Å²) in [5.74, 6) is 0.403. The standard InChI is InChI=1S/C59H41N/c1-3-18-41(19-4-1)58-52-29-16-31-55(58)59(45-22-5-2-6-23-45,54-30-13-11-27-50(54)48-25-9-10-26-49(48)52)46-24-15-21-42(37-46)44-34-36-57-53(39-44)51-28-12-14-32-56(51)60(57)47-35-33-40-17-7-8-20-43(40)38-47/h1-37,39,43H,38H2. The molecule has 0 fully saturated rings. The van der Waals surface area contributed by atoms with Crippen LogP contribution in [0.2, 0.25) is 0 Å². The number of hydrogen-bond acceptors (Lipinski definition) is 0. The maximum atomic E-state index is 2.50. The first kappa shape index (κ1) is 34.6. The second-order valence-electron chi connectivity index (χ2n) is 16.3. The molecule has 8 aromatic carbocycles. The monoisotopic (exact) mass is 763 g/mol. The molecular formula is C59H41N. The zero-order chi connectivity index (χ0) is 39.6. The summed E-state index contributed by atoms with van der Waals surface area (Å²) in [6.45, 7) is 0. The highest BCUT2D eigenvalue weighted by atomic mass is 15.0. The van der Waals surface area contributed by atoms with E-state index in [0.717, 1.165) is 6.42 Å². The van der Waals surface area contributed by atoms with Crippen molar-refractivity contribution in [3.63, 3.8) is 0 Å². The van der Waals surface area contributed by atoms with Gasteiger partial charge in [0.15, 0.2) is 0 Å². The van der Waals surface area contributed by atoms with Gasteiger partial charge in [-0.25, -0.2) is 0 Å². The van der Waals surface area contributed by atoms with Crippen LogP contribution in [0.15, 0.2) is 236 Å². The second kappa shape index (κ2) is 13.8. The molecule has 282 valence electrons. The molecule has 0 N–H and O–H groups in total. The molecule has 0 aliphatic heterocycles. The highest BCUT2D eigenvalue weighted by Crippen LogP contribution is 2.56. The van der Waals surface area contributed by atoms with E-state index in [-0.39, 0.29) is 0 Å². The minimum absolute atomic E-state index is 0.403. The molecular weight excluding hydrogens is 723 g/mol. The maximum Gasteiger partial charge on any atom is 0.0713 e. The molecule has 2 bridgehead atoms. The van der Waals surface area contributed by atoms with Crippen LogP contribution < -0.4 is 0 Å². The number of aromatic nitrogens is 1. The molecule has 9 aromatic rings. The van der Waals surface area contributed by atoms with Crippen LogP contribution in [0.1, 0.15) is 28.7 Å². The van der Waals surface area contributed by atoms with Gasteiger partial charge in [0.1, 0.15) is 0 Å². The quantitative estimate of drug-likeness (QED) is 0.165. The van der Waals surface area contributed by atoms with Crippen molar-refractivity contribution >= 4 is 27.5 Å². The van der Waals surface area contributed by atoms with E-state index in [1.54, 1.807) is 0 Å². The highest BCUT2D eigenvalue weighted by Gasteiger charge is 2.43.